The van der Waals surface area contributed by atoms with Gasteiger partial charge in [0.25, 0.3) is 0 Å². The van der Waals surface area contributed by atoms with Gasteiger partial charge < -0.3 is 5.32 Å². The molecule has 0 spiro atoms. The van der Waals surface area contributed by atoms with E-state index in [1.165, 1.54) is 36.8 Å². The Labute approximate surface area is 123 Å². The maximum atomic E-state index is 12.2. The number of carbonyl (C=O) groups excluding carboxylic acids is 1. The molecule has 0 radical (unpaired) electrons. The monoisotopic (exact) mass is 321 g/mol. The van der Waals surface area contributed by atoms with E-state index in [-0.39, 0.29) is 11.9 Å². The lowest BCUT2D eigenvalue weighted by atomic mass is 10.0. The molecule has 2 aliphatic rings. The van der Waals surface area contributed by atoms with Crippen molar-refractivity contribution in [2.24, 2.45) is 5.92 Å². The Morgan fingerprint density at radius 3 is 2.79 bits per heavy atom. The highest BCUT2D eigenvalue weighted by Crippen LogP contribution is 2.36. The smallest absolute Gasteiger partial charge is 0.220 e. The Bertz CT molecular complexity index is 468. The van der Waals surface area contributed by atoms with Gasteiger partial charge in [-0.2, -0.15) is 0 Å². The Hall–Kier alpha value is -0.830. The number of rotatable bonds is 3. The minimum atomic E-state index is 0.144. The van der Waals surface area contributed by atoms with Crippen molar-refractivity contribution in [2.45, 2.75) is 49.4 Å². The van der Waals surface area contributed by atoms with Crippen molar-refractivity contribution < 1.29 is 4.79 Å². The second-order valence-corrected chi connectivity index (χ2v) is 6.99. The van der Waals surface area contributed by atoms with Crippen LogP contribution in [-0.2, 0) is 11.2 Å². The number of alkyl halides is 1. The highest BCUT2D eigenvalue weighted by atomic mass is 79.9. The number of fused-ring (bicyclic) bond motifs is 1. The van der Waals surface area contributed by atoms with Gasteiger partial charge in [0.2, 0.25) is 5.91 Å². The zero-order valence-corrected chi connectivity index (χ0v) is 12.7. The lowest BCUT2D eigenvalue weighted by Crippen LogP contribution is -2.32. The van der Waals surface area contributed by atoms with Crippen LogP contribution in [0.5, 0.6) is 0 Å². The average molecular weight is 322 g/mol. The normalized spacial score (nSPS) is 26.4. The van der Waals surface area contributed by atoms with Gasteiger partial charge in [-0.1, -0.05) is 53.0 Å². The fraction of sp³-hybridized carbons (Fsp3) is 0.562. The first-order valence-electron chi connectivity index (χ1n) is 7.25. The third kappa shape index (κ3) is 2.86. The van der Waals surface area contributed by atoms with E-state index in [4.69, 9.17) is 0 Å². The summed E-state index contributed by atoms with van der Waals surface area (Å²) in [6.45, 7) is 0. The molecule has 2 nitrogen and oxygen atoms in total. The van der Waals surface area contributed by atoms with E-state index in [0.717, 1.165) is 6.42 Å². The van der Waals surface area contributed by atoms with Gasteiger partial charge in [-0.3, -0.25) is 4.79 Å². The first-order chi connectivity index (χ1) is 9.24. The molecule has 1 aromatic rings. The predicted molar refractivity (Wildman–Crippen MR) is 80.3 cm³/mol. The van der Waals surface area contributed by atoms with E-state index < -0.39 is 0 Å². The van der Waals surface area contributed by atoms with Crippen LogP contribution in [0, 0.1) is 5.92 Å². The van der Waals surface area contributed by atoms with E-state index in [0.29, 0.717) is 17.2 Å². The Morgan fingerprint density at radius 1 is 1.26 bits per heavy atom. The molecule has 0 aromatic heterocycles. The lowest BCUT2D eigenvalue weighted by Gasteiger charge is -2.19. The van der Waals surface area contributed by atoms with Gasteiger partial charge in [-0.15, -0.1) is 0 Å². The highest BCUT2D eigenvalue weighted by molar-refractivity contribution is 9.09. The molecule has 1 N–H and O–H groups in total. The van der Waals surface area contributed by atoms with Crippen LogP contribution < -0.4 is 5.32 Å². The minimum absolute atomic E-state index is 0.144. The van der Waals surface area contributed by atoms with Crippen molar-refractivity contribution in [3.05, 3.63) is 35.4 Å². The fourth-order valence-electron chi connectivity index (χ4n) is 3.42. The molecule has 1 fully saturated rings. The van der Waals surface area contributed by atoms with E-state index >= 15 is 0 Å². The van der Waals surface area contributed by atoms with E-state index in [9.17, 15) is 4.79 Å². The lowest BCUT2D eigenvalue weighted by molar-refractivity contribution is -0.122. The molecule has 102 valence electrons. The molecule has 1 aromatic carbocycles. The van der Waals surface area contributed by atoms with Crippen molar-refractivity contribution in [3.63, 3.8) is 0 Å². The third-order valence-corrected chi connectivity index (χ3v) is 5.28. The van der Waals surface area contributed by atoms with Crippen LogP contribution in [0.15, 0.2) is 24.3 Å². The largest absolute Gasteiger partial charge is 0.348 e. The maximum absolute atomic E-state index is 12.2. The number of halogens is 1. The summed E-state index contributed by atoms with van der Waals surface area (Å²) in [6.07, 6.45) is 6.76. The molecule has 2 aliphatic carbocycles. The second-order valence-electron chi connectivity index (χ2n) is 5.82. The molecule has 2 unspecified atom stereocenters. The van der Waals surface area contributed by atoms with Crippen LogP contribution in [0.3, 0.4) is 0 Å². The maximum Gasteiger partial charge on any atom is 0.220 e. The van der Waals surface area contributed by atoms with Gasteiger partial charge in [0.05, 0.1) is 6.04 Å². The van der Waals surface area contributed by atoms with Crippen LogP contribution in [-0.4, -0.2) is 10.7 Å². The molecule has 0 saturated heterocycles. The standard InChI is InChI=1S/C16H20BrNO/c17-14-10-12-7-3-4-8-13(12)16(14)18-15(19)9-11-5-1-2-6-11/h3-4,7-8,11,14,16H,1-2,5-6,9-10H2,(H,18,19). The Balaban J connectivity index is 1.64. The number of benzene rings is 1. The van der Waals surface area contributed by atoms with Gasteiger partial charge in [0.1, 0.15) is 0 Å². The van der Waals surface area contributed by atoms with E-state index in [1.54, 1.807) is 0 Å². The van der Waals surface area contributed by atoms with Gasteiger partial charge >= 0.3 is 0 Å². The molecule has 1 saturated carbocycles. The third-order valence-electron chi connectivity index (χ3n) is 4.43. The molecule has 3 rings (SSSR count). The van der Waals surface area contributed by atoms with Gasteiger partial charge in [0.15, 0.2) is 0 Å². The minimum Gasteiger partial charge on any atom is -0.348 e. The van der Waals surface area contributed by atoms with Crippen LogP contribution in [0.2, 0.25) is 0 Å². The number of carbonyl (C=O) groups is 1. The molecular formula is C16H20BrNO. The molecule has 0 bridgehead atoms. The second kappa shape index (κ2) is 5.66. The molecule has 0 aliphatic heterocycles. The summed E-state index contributed by atoms with van der Waals surface area (Å²) in [4.78, 5) is 12.5. The van der Waals surface area contributed by atoms with Gasteiger partial charge in [0, 0.05) is 11.2 Å². The zero-order chi connectivity index (χ0) is 13.2. The summed E-state index contributed by atoms with van der Waals surface area (Å²) < 4.78 is 0. The molecule has 0 heterocycles. The quantitative estimate of drug-likeness (QED) is 0.844. The number of nitrogens with one attached hydrogen (secondary N) is 1. The molecule has 19 heavy (non-hydrogen) atoms. The average Bonchev–Trinajstić information content (AvgIpc) is 2.99. The van der Waals surface area contributed by atoms with E-state index in [2.05, 4.69) is 45.5 Å². The number of hydrogen-bond donors (Lipinski definition) is 1. The number of amides is 1. The summed E-state index contributed by atoms with van der Waals surface area (Å²) in [5.74, 6) is 0.837. The topological polar surface area (TPSA) is 29.1 Å². The first-order valence-corrected chi connectivity index (χ1v) is 8.17. The zero-order valence-electron chi connectivity index (χ0n) is 11.1. The molecule has 2 atom stereocenters. The fourth-order valence-corrected chi connectivity index (χ4v) is 4.19. The van der Waals surface area contributed by atoms with Crippen molar-refractivity contribution in [2.75, 3.05) is 0 Å². The van der Waals surface area contributed by atoms with E-state index in [1.807, 2.05) is 0 Å². The molecule has 3 heteroatoms. The van der Waals surface area contributed by atoms with Crippen molar-refractivity contribution >= 4 is 21.8 Å². The summed E-state index contributed by atoms with van der Waals surface area (Å²) in [5.41, 5.74) is 2.64. The van der Waals surface area contributed by atoms with Crippen LogP contribution in [0.4, 0.5) is 0 Å². The van der Waals surface area contributed by atoms with Crippen molar-refractivity contribution in [3.8, 4) is 0 Å². The first kappa shape index (κ1) is 13.2. The Kier molecular flexibility index (Phi) is 3.92. The number of hydrogen-bond acceptors (Lipinski definition) is 1. The highest BCUT2D eigenvalue weighted by Gasteiger charge is 2.32. The molecule has 1 amide bonds. The van der Waals surface area contributed by atoms with Crippen LogP contribution in [0.25, 0.3) is 0 Å². The van der Waals surface area contributed by atoms with Gasteiger partial charge in [-0.05, 0) is 36.3 Å². The summed E-state index contributed by atoms with van der Waals surface area (Å²) in [7, 11) is 0. The Morgan fingerprint density at radius 2 is 2.00 bits per heavy atom. The van der Waals surface area contributed by atoms with Gasteiger partial charge in [-0.25, -0.2) is 0 Å². The summed E-state index contributed by atoms with van der Waals surface area (Å²) in [6, 6.07) is 8.57. The van der Waals surface area contributed by atoms with Crippen molar-refractivity contribution in [1.82, 2.24) is 5.32 Å². The SMILES string of the molecule is O=C(CC1CCCC1)NC1c2ccccc2CC1Br. The summed E-state index contributed by atoms with van der Waals surface area (Å²) >= 11 is 3.71. The molecular weight excluding hydrogens is 302 g/mol. The van der Waals surface area contributed by atoms with Crippen LogP contribution in [0.1, 0.15) is 49.3 Å². The summed E-state index contributed by atoms with van der Waals surface area (Å²) in [5, 5.41) is 3.23. The van der Waals surface area contributed by atoms with Crippen LogP contribution >= 0.6 is 15.9 Å². The van der Waals surface area contributed by atoms with Crippen molar-refractivity contribution in [1.29, 1.82) is 0 Å². The predicted octanol–water partition coefficient (Wildman–Crippen LogP) is 3.74.